The predicted octanol–water partition coefficient (Wildman–Crippen LogP) is 4.06. The van der Waals surface area contributed by atoms with Gasteiger partial charge in [-0.25, -0.2) is 8.42 Å². The van der Waals surface area contributed by atoms with Crippen LogP contribution in [0.15, 0.2) is 14.7 Å². The van der Waals surface area contributed by atoms with Gasteiger partial charge in [0, 0.05) is 18.0 Å². The van der Waals surface area contributed by atoms with E-state index < -0.39 is 10.0 Å². The van der Waals surface area contributed by atoms with Crippen molar-refractivity contribution in [2.45, 2.75) is 37.0 Å². The highest BCUT2D eigenvalue weighted by Gasteiger charge is 2.33. The van der Waals surface area contributed by atoms with Crippen molar-refractivity contribution < 1.29 is 8.42 Å². The molecule has 0 N–H and O–H groups in total. The molecule has 0 spiro atoms. The quantitative estimate of drug-likeness (QED) is 0.663. The summed E-state index contributed by atoms with van der Waals surface area (Å²) in [5, 5.41) is 0. The predicted molar refractivity (Wildman–Crippen MR) is 83.3 cm³/mol. The number of hydrogen-bond donors (Lipinski definition) is 0. The molecule has 1 saturated carbocycles. The minimum Gasteiger partial charge on any atom is -0.207 e. The van der Waals surface area contributed by atoms with Crippen LogP contribution in [0.5, 0.6) is 0 Å². The lowest BCUT2D eigenvalue weighted by molar-refractivity contribution is 0.395. The maximum atomic E-state index is 12.7. The Morgan fingerprint density at radius 3 is 2.68 bits per heavy atom. The average molecular weight is 387 g/mol. The summed E-state index contributed by atoms with van der Waals surface area (Å²) in [7, 11) is -3.40. The van der Waals surface area contributed by atoms with Crippen LogP contribution in [0, 0.1) is 5.92 Å². The van der Waals surface area contributed by atoms with Gasteiger partial charge < -0.3 is 0 Å². The molecule has 0 unspecified atom stereocenters. The Balaban J connectivity index is 2.28. The van der Waals surface area contributed by atoms with E-state index in [4.69, 9.17) is 11.6 Å². The van der Waals surface area contributed by atoms with Gasteiger partial charge in [-0.3, -0.25) is 0 Å². The Morgan fingerprint density at radius 1 is 1.53 bits per heavy atom. The van der Waals surface area contributed by atoms with E-state index in [9.17, 15) is 8.42 Å². The molecule has 1 heterocycles. The molecule has 0 saturated heterocycles. The lowest BCUT2D eigenvalue weighted by Gasteiger charge is -2.21. The Labute approximate surface area is 132 Å². The van der Waals surface area contributed by atoms with E-state index in [1.54, 1.807) is 10.4 Å². The summed E-state index contributed by atoms with van der Waals surface area (Å²) in [5.41, 5.74) is 0. The number of thiophene rings is 1. The second-order valence-electron chi connectivity index (χ2n) is 4.79. The van der Waals surface area contributed by atoms with Crippen molar-refractivity contribution in [1.82, 2.24) is 4.31 Å². The molecule has 0 amide bonds. The van der Waals surface area contributed by atoms with Gasteiger partial charge in [0.2, 0.25) is 10.0 Å². The molecule has 3 nitrogen and oxygen atoms in total. The fourth-order valence-electron chi connectivity index (χ4n) is 1.93. The van der Waals surface area contributed by atoms with Crippen molar-refractivity contribution in [3.8, 4) is 0 Å². The van der Waals surface area contributed by atoms with Gasteiger partial charge in [0.25, 0.3) is 0 Å². The monoisotopic (exact) mass is 385 g/mol. The van der Waals surface area contributed by atoms with Crippen LogP contribution < -0.4 is 0 Å². The van der Waals surface area contributed by atoms with Gasteiger partial charge in [0.05, 0.1) is 9.67 Å². The van der Waals surface area contributed by atoms with Crippen LogP contribution in [0.2, 0.25) is 0 Å². The highest BCUT2D eigenvalue weighted by molar-refractivity contribution is 9.11. The van der Waals surface area contributed by atoms with Gasteiger partial charge in [0.15, 0.2) is 0 Å². The summed E-state index contributed by atoms with van der Waals surface area (Å²) < 4.78 is 27.7. The average Bonchev–Trinajstić information content (AvgIpc) is 3.09. The number of halogens is 2. The van der Waals surface area contributed by atoms with Gasteiger partial charge in [-0.2, -0.15) is 4.31 Å². The lowest BCUT2D eigenvalue weighted by atomic mass is 10.4. The Morgan fingerprint density at radius 2 is 2.21 bits per heavy atom. The number of hydrogen-bond acceptors (Lipinski definition) is 3. The number of alkyl halides is 1. The first-order valence-electron chi connectivity index (χ1n) is 6.33. The van der Waals surface area contributed by atoms with E-state index in [0.29, 0.717) is 33.6 Å². The van der Waals surface area contributed by atoms with Gasteiger partial charge in [-0.1, -0.05) is 6.92 Å². The number of nitrogens with zero attached hydrogens (tertiary/aromatic N) is 1. The molecule has 19 heavy (non-hydrogen) atoms. The fourth-order valence-corrected chi connectivity index (χ4v) is 6.26. The summed E-state index contributed by atoms with van der Waals surface area (Å²) in [6.45, 7) is 3.23. The van der Waals surface area contributed by atoms with Crippen molar-refractivity contribution in [3.63, 3.8) is 0 Å². The van der Waals surface area contributed by atoms with Crippen molar-refractivity contribution in [3.05, 3.63) is 14.7 Å². The van der Waals surface area contributed by atoms with E-state index in [1.807, 2.05) is 6.92 Å². The van der Waals surface area contributed by atoms with Crippen LogP contribution in [0.4, 0.5) is 0 Å². The lowest BCUT2D eigenvalue weighted by Crippen LogP contribution is -2.33. The summed E-state index contributed by atoms with van der Waals surface area (Å²) in [6.07, 6.45) is 3.12. The Kier molecular flexibility index (Phi) is 5.34. The number of rotatable bonds is 7. The molecule has 0 aromatic carbocycles. The molecule has 1 aromatic rings. The smallest absolute Gasteiger partial charge is 0.207 e. The fraction of sp³-hybridized carbons (Fsp3) is 0.667. The molecular weight excluding hydrogens is 370 g/mol. The van der Waals surface area contributed by atoms with Crippen LogP contribution in [-0.2, 0) is 15.9 Å². The summed E-state index contributed by atoms with van der Waals surface area (Å²) in [4.78, 5) is 1.23. The Bertz CT molecular complexity index is 540. The minimum absolute atomic E-state index is 0.342. The third-order valence-electron chi connectivity index (χ3n) is 3.09. The zero-order chi connectivity index (χ0) is 14.0. The van der Waals surface area contributed by atoms with E-state index in [1.165, 1.54) is 11.3 Å². The molecule has 108 valence electrons. The van der Waals surface area contributed by atoms with E-state index in [-0.39, 0.29) is 0 Å². The van der Waals surface area contributed by atoms with Crippen LogP contribution in [0.25, 0.3) is 0 Å². The maximum Gasteiger partial charge on any atom is 0.245 e. The van der Waals surface area contributed by atoms with E-state index >= 15 is 0 Å². The van der Waals surface area contributed by atoms with Crippen LogP contribution in [-0.4, -0.2) is 25.8 Å². The second-order valence-corrected chi connectivity index (χ2v) is 9.42. The first kappa shape index (κ1) is 15.8. The molecule has 1 aliphatic carbocycles. The summed E-state index contributed by atoms with van der Waals surface area (Å²) in [5.74, 6) is 0.890. The van der Waals surface area contributed by atoms with E-state index in [2.05, 4.69) is 15.9 Å². The van der Waals surface area contributed by atoms with Gasteiger partial charge in [-0.15, -0.1) is 22.9 Å². The first-order chi connectivity index (χ1) is 8.98. The molecular formula is C12H17BrClNO2S2. The zero-order valence-corrected chi connectivity index (χ0v) is 14.7. The maximum absolute atomic E-state index is 12.7. The van der Waals surface area contributed by atoms with Crippen LogP contribution >= 0.6 is 38.9 Å². The van der Waals surface area contributed by atoms with E-state index in [0.717, 1.165) is 24.1 Å². The summed E-state index contributed by atoms with van der Waals surface area (Å²) >= 11 is 10.5. The van der Waals surface area contributed by atoms with Crippen molar-refractivity contribution in [2.24, 2.45) is 5.92 Å². The highest BCUT2D eigenvalue weighted by atomic mass is 79.9. The van der Waals surface area contributed by atoms with Crippen LogP contribution in [0.3, 0.4) is 0 Å². The molecule has 2 rings (SSSR count). The molecule has 0 atom stereocenters. The molecule has 0 aliphatic heterocycles. The standard InChI is InChI=1S/C12H17BrClNO2S2/c1-2-5-15(8-9-3-4-9)19(16,17)11-6-10(7-14)18-12(11)13/h6,9H,2-5,7-8H2,1H3. The second kappa shape index (κ2) is 6.43. The van der Waals surface area contributed by atoms with Gasteiger partial charge in [0.1, 0.15) is 4.90 Å². The van der Waals surface area contributed by atoms with Crippen molar-refractivity contribution in [2.75, 3.05) is 13.1 Å². The molecule has 1 aromatic heterocycles. The highest BCUT2D eigenvalue weighted by Crippen LogP contribution is 2.36. The van der Waals surface area contributed by atoms with Gasteiger partial charge in [-0.05, 0) is 47.2 Å². The Hall–Kier alpha value is 0.380. The summed E-state index contributed by atoms with van der Waals surface area (Å²) in [6, 6.07) is 1.69. The molecule has 1 fully saturated rings. The normalized spacial score (nSPS) is 16.2. The molecule has 0 bridgehead atoms. The topological polar surface area (TPSA) is 37.4 Å². The minimum atomic E-state index is -3.40. The van der Waals surface area contributed by atoms with Gasteiger partial charge >= 0.3 is 0 Å². The third-order valence-corrected chi connectivity index (χ3v) is 7.65. The van der Waals surface area contributed by atoms with Crippen molar-refractivity contribution >= 4 is 48.9 Å². The SMILES string of the molecule is CCCN(CC1CC1)S(=O)(=O)c1cc(CCl)sc1Br. The molecule has 0 radical (unpaired) electrons. The molecule has 7 heteroatoms. The number of sulfonamides is 1. The largest absolute Gasteiger partial charge is 0.245 e. The van der Waals surface area contributed by atoms with Crippen LogP contribution in [0.1, 0.15) is 31.1 Å². The molecule has 1 aliphatic rings. The third kappa shape index (κ3) is 3.73. The first-order valence-corrected chi connectivity index (χ1v) is 9.91. The zero-order valence-electron chi connectivity index (χ0n) is 10.7. The van der Waals surface area contributed by atoms with Crippen molar-refractivity contribution in [1.29, 1.82) is 0 Å².